The van der Waals surface area contributed by atoms with Gasteiger partial charge < -0.3 is 4.57 Å². The van der Waals surface area contributed by atoms with Gasteiger partial charge in [0.2, 0.25) is 0 Å². The fourth-order valence-corrected chi connectivity index (χ4v) is 2.97. The number of carbonyl (C=O) groups excluding carboxylic acids is 1. The number of rotatable bonds is 2. The van der Waals surface area contributed by atoms with Crippen LogP contribution in [-0.4, -0.2) is 15.8 Å². The Labute approximate surface area is 102 Å². The summed E-state index contributed by atoms with van der Waals surface area (Å²) in [6, 6.07) is 8.19. The molecule has 0 atom stereocenters. The van der Waals surface area contributed by atoms with Crippen molar-refractivity contribution in [3.8, 4) is 11.3 Å². The van der Waals surface area contributed by atoms with E-state index in [4.69, 9.17) is 0 Å². The molecule has 4 heteroatoms. The first-order valence-corrected chi connectivity index (χ1v) is 6.12. The summed E-state index contributed by atoms with van der Waals surface area (Å²) in [6.07, 6.45) is 2.48. The fourth-order valence-electron chi connectivity index (χ4n) is 2.02. The molecular weight excluding hydrogens is 232 g/mol. The summed E-state index contributed by atoms with van der Waals surface area (Å²) < 4.78 is 3.11. The number of carbonyl (C=O) groups is 1. The van der Waals surface area contributed by atoms with Crippen LogP contribution in [0, 0.1) is 0 Å². The number of thiophene rings is 1. The largest absolute Gasteiger partial charge is 0.333 e. The second-order valence-electron chi connectivity index (χ2n) is 3.85. The highest BCUT2D eigenvalue weighted by atomic mass is 32.1. The van der Waals surface area contributed by atoms with Crippen LogP contribution in [0.1, 0.15) is 10.5 Å². The van der Waals surface area contributed by atoms with Crippen LogP contribution in [0.25, 0.3) is 21.3 Å². The maximum absolute atomic E-state index is 11.0. The van der Waals surface area contributed by atoms with E-state index in [1.807, 2.05) is 23.7 Å². The Bertz CT molecular complexity index is 696. The minimum atomic E-state index is 0.496. The van der Waals surface area contributed by atoms with E-state index in [-0.39, 0.29) is 0 Å². The molecule has 0 bridgehead atoms. The van der Waals surface area contributed by atoms with Crippen molar-refractivity contribution in [1.82, 2.24) is 9.55 Å². The molecule has 0 aliphatic rings. The Morgan fingerprint density at radius 1 is 1.35 bits per heavy atom. The maximum atomic E-state index is 11.0. The van der Waals surface area contributed by atoms with Gasteiger partial charge in [-0.3, -0.25) is 4.79 Å². The van der Waals surface area contributed by atoms with Gasteiger partial charge in [0.25, 0.3) is 0 Å². The van der Waals surface area contributed by atoms with Crippen LogP contribution in [0.2, 0.25) is 0 Å². The molecule has 1 aromatic carbocycles. The molecule has 0 saturated heterocycles. The van der Waals surface area contributed by atoms with Crippen molar-refractivity contribution in [2.75, 3.05) is 0 Å². The normalized spacial score (nSPS) is 10.9. The second kappa shape index (κ2) is 3.82. The van der Waals surface area contributed by atoms with Crippen LogP contribution in [0.4, 0.5) is 0 Å². The third kappa shape index (κ3) is 1.49. The highest BCUT2D eigenvalue weighted by Crippen LogP contribution is 2.34. The first-order chi connectivity index (χ1) is 8.31. The summed E-state index contributed by atoms with van der Waals surface area (Å²) >= 11 is 1.68. The van der Waals surface area contributed by atoms with Gasteiger partial charge in [0.05, 0.1) is 12.0 Å². The molecule has 0 aliphatic heterocycles. The Balaban J connectivity index is 2.34. The van der Waals surface area contributed by atoms with Crippen LogP contribution >= 0.6 is 11.3 Å². The molecule has 0 N–H and O–H groups in total. The second-order valence-corrected chi connectivity index (χ2v) is 4.76. The van der Waals surface area contributed by atoms with Crippen LogP contribution < -0.4 is 0 Å². The molecule has 3 rings (SSSR count). The zero-order valence-corrected chi connectivity index (χ0v) is 10.1. The lowest BCUT2D eigenvalue weighted by Crippen LogP contribution is -1.92. The first kappa shape index (κ1) is 10.2. The molecule has 0 spiro atoms. The molecule has 0 radical (unpaired) electrons. The average molecular weight is 242 g/mol. The van der Waals surface area contributed by atoms with Gasteiger partial charge in [0, 0.05) is 28.1 Å². The topological polar surface area (TPSA) is 34.9 Å². The number of aldehydes is 1. The Morgan fingerprint density at radius 2 is 2.18 bits per heavy atom. The van der Waals surface area contributed by atoms with Crippen molar-refractivity contribution in [2.45, 2.75) is 0 Å². The summed E-state index contributed by atoms with van der Waals surface area (Å²) in [7, 11) is 1.90. The summed E-state index contributed by atoms with van der Waals surface area (Å²) in [6.45, 7) is 0. The molecule has 84 valence electrons. The minimum absolute atomic E-state index is 0.496. The number of aromatic nitrogens is 2. The van der Waals surface area contributed by atoms with E-state index in [2.05, 4.69) is 22.5 Å². The van der Waals surface area contributed by atoms with Crippen LogP contribution in [0.5, 0.6) is 0 Å². The fraction of sp³-hybridized carbons (Fsp3) is 0.0769. The number of fused-ring (bicyclic) bond motifs is 1. The van der Waals surface area contributed by atoms with Crippen molar-refractivity contribution in [3.05, 3.63) is 41.7 Å². The van der Waals surface area contributed by atoms with Gasteiger partial charge in [-0.15, -0.1) is 11.3 Å². The molecule has 0 saturated carbocycles. The first-order valence-electron chi connectivity index (χ1n) is 5.24. The molecular formula is C13H10N2OS. The standard InChI is InChI=1S/C13H10N2OS/c1-15-8-14-11(6-16)13(15)10-7-17-12-5-3-2-4-9(10)12/h2-8H,1H3. The van der Waals surface area contributed by atoms with Crippen molar-refractivity contribution in [2.24, 2.45) is 7.05 Å². The van der Waals surface area contributed by atoms with E-state index in [1.54, 1.807) is 17.7 Å². The molecule has 0 amide bonds. The molecule has 0 fully saturated rings. The SMILES string of the molecule is Cn1cnc(C=O)c1-c1csc2ccccc12. The maximum Gasteiger partial charge on any atom is 0.170 e. The van der Waals surface area contributed by atoms with Crippen molar-refractivity contribution < 1.29 is 4.79 Å². The van der Waals surface area contributed by atoms with Gasteiger partial charge in [0.1, 0.15) is 5.69 Å². The lowest BCUT2D eigenvalue weighted by molar-refractivity contribution is 0.112. The van der Waals surface area contributed by atoms with Crippen molar-refractivity contribution in [3.63, 3.8) is 0 Å². The Morgan fingerprint density at radius 3 is 3.00 bits per heavy atom. The van der Waals surface area contributed by atoms with E-state index in [0.717, 1.165) is 17.5 Å². The predicted octanol–water partition coefficient (Wildman–Crippen LogP) is 3.11. The number of hydrogen-bond acceptors (Lipinski definition) is 3. The lowest BCUT2D eigenvalue weighted by atomic mass is 10.1. The van der Waals surface area contributed by atoms with Gasteiger partial charge in [-0.2, -0.15) is 0 Å². The summed E-state index contributed by atoms with van der Waals surface area (Å²) in [5.41, 5.74) is 2.46. The lowest BCUT2D eigenvalue weighted by Gasteiger charge is -2.01. The molecule has 2 heterocycles. The van der Waals surface area contributed by atoms with Crippen LogP contribution in [-0.2, 0) is 7.05 Å². The van der Waals surface area contributed by atoms with Gasteiger partial charge in [-0.25, -0.2) is 4.98 Å². The van der Waals surface area contributed by atoms with Gasteiger partial charge in [-0.1, -0.05) is 18.2 Å². The summed E-state index contributed by atoms with van der Waals surface area (Å²) in [5, 5.41) is 3.25. The summed E-state index contributed by atoms with van der Waals surface area (Å²) in [4.78, 5) is 15.1. The average Bonchev–Trinajstić information content (AvgIpc) is 2.92. The molecule has 0 unspecified atom stereocenters. The number of imidazole rings is 1. The van der Waals surface area contributed by atoms with E-state index in [9.17, 15) is 4.79 Å². The third-order valence-electron chi connectivity index (χ3n) is 2.81. The Hall–Kier alpha value is -1.94. The van der Waals surface area contributed by atoms with E-state index >= 15 is 0 Å². The molecule has 0 aliphatic carbocycles. The van der Waals surface area contributed by atoms with E-state index < -0.39 is 0 Å². The zero-order valence-electron chi connectivity index (χ0n) is 9.25. The number of hydrogen-bond donors (Lipinski definition) is 0. The highest BCUT2D eigenvalue weighted by molar-refractivity contribution is 7.17. The van der Waals surface area contributed by atoms with E-state index in [1.165, 1.54) is 10.1 Å². The third-order valence-corrected chi connectivity index (χ3v) is 3.78. The number of benzene rings is 1. The van der Waals surface area contributed by atoms with Crippen molar-refractivity contribution in [1.29, 1.82) is 0 Å². The zero-order chi connectivity index (χ0) is 11.8. The smallest absolute Gasteiger partial charge is 0.170 e. The van der Waals surface area contributed by atoms with E-state index in [0.29, 0.717) is 5.69 Å². The van der Waals surface area contributed by atoms with Gasteiger partial charge in [0.15, 0.2) is 6.29 Å². The molecule has 17 heavy (non-hydrogen) atoms. The molecule has 3 aromatic rings. The Kier molecular flexibility index (Phi) is 2.30. The summed E-state index contributed by atoms with van der Waals surface area (Å²) in [5.74, 6) is 0. The predicted molar refractivity (Wildman–Crippen MR) is 69.4 cm³/mol. The van der Waals surface area contributed by atoms with Gasteiger partial charge >= 0.3 is 0 Å². The monoisotopic (exact) mass is 242 g/mol. The number of aryl methyl sites for hydroxylation is 1. The quantitative estimate of drug-likeness (QED) is 0.647. The minimum Gasteiger partial charge on any atom is -0.333 e. The highest BCUT2D eigenvalue weighted by Gasteiger charge is 2.14. The number of nitrogens with zero attached hydrogens (tertiary/aromatic N) is 2. The van der Waals surface area contributed by atoms with Crippen LogP contribution in [0.3, 0.4) is 0 Å². The molecule has 3 nitrogen and oxygen atoms in total. The van der Waals surface area contributed by atoms with Crippen LogP contribution in [0.15, 0.2) is 36.0 Å². The van der Waals surface area contributed by atoms with Crippen molar-refractivity contribution >= 4 is 27.7 Å². The molecule has 2 aromatic heterocycles. The van der Waals surface area contributed by atoms with Gasteiger partial charge in [-0.05, 0) is 6.07 Å².